The van der Waals surface area contributed by atoms with Crippen molar-refractivity contribution >= 4 is 5.97 Å². The summed E-state index contributed by atoms with van der Waals surface area (Å²) in [6, 6.07) is 0. The smallest absolute Gasteiger partial charge is 0.333 e. The monoisotopic (exact) mass is 241 g/mol. The van der Waals surface area contributed by atoms with Crippen molar-refractivity contribution in [2.75, 3.05) is 6.54 Å². The standard InChI is InChI=1S/C13H23NO3/c1-9(2)11(15)17-10-7-8-14(16)13(5,6)12(10,3)4/h10,16H,1,7-8H2,2-6H3. The fourth-order valence-corrected chi connectivity index (χ4v) is 2.04. The summed E-state index contributed by atoms with van der Waals surface area (Å²) >= 11 is 0. The molecule has 1 aliphatic rings. The van der Waals surface area contributed by atoms with E-state index in [1.807, 2.05) is 27.7 Å². The van der Waals surface area contributed by atoms with Crippen molar-refractivity contribution < 1.29 is 14.7 Å². The topological polar surface area (TPSA) is 49.8 Å². The van der Waals surface area contributed by atoms with Crippen LogP contribution < -0.4 is 0 Å². The van der Waals surface area contributed by atoms with Gasteiger partial charge in [0, 0.05) is 29.5 Å². The van der Waals surface area contributed by atoms with Gasteiger partial charge in [-0.25, -0.2) is 4.79 Å². The zero-order valence-corrected chi connectivity index (χ0v) is 11.4. The molecule has 4 heteroatoms. The lowest BCUT2D eigenvalue weighted by atomic mass is 9.67. The van der Waals surface area contributed by atoms with Gasteiger partial charge in [-0.1, -0.05) is 20.4 Å². The van der Waals surface area contributed by atoms with Crippen molar-refractivity contribution in [1.29, 1.82) is 0 Å². The third-order valence-electron chi connectivity index (χ3n) is 4.23. The summed E-state index contributed by atoms with van der Waals surface area (Å²) in [4.78, 5) is 11.6. The second-order valence-electron chi connectivity index (χ2n) is 5.87. The van der Waals surface area contributed by atoms with Crippen LogP contribution in [0.3, 0.4) is 0 Å². The first-order valence-electron chi connectivity index (χ1n) is 5.93. The summed E-state index contributed by atoms with van der Waals surface area (Å²) in [7, 11) is 0. The van der Waals surface area contributed by atoms with Crippen LogP contribution in [0.2, 0.25) is 0 Å². The van der Waals surface area contributed by atoms with Crippen LogP contribution in [0.5, 0.6) is 0 Å². The molecule has 4 nitrogen and oxygen atoms in total. The van der Waals surface area contributed by atoms with Crippen molar-refractivity contribution in [3.8, 4) is 0 Å². The Morgan fingerprint density at radius 1 is 1.41 bits per heavy atom. The fourth-order valence-electron chi connectivity index (χ4n) is 2.04. The molecule has 0 radical (unpaired) electrons. The molecule has 0 aromatic heterocycles. The van der Waals surface area contributed by atoms with E-state index in [0.29, 0.717) is 18.5 Å². The maximum absolute atomic E-state index is 11.6. The summed E-state index contributed by atoms with van der Waals surface area (Å²) in [5.74, 6) is -0.356. The van der Waals surface area contributed by atoms with Crippen LogP contribution in [-0.2, 0) is 9.53 Å². The summed E-state index contributed by atoms with van der Waals surface area (Å²) in [6.07, 6.45) is 0.427. The van der Waals surface area contributed by atoms with Gasteiger partial charge < -0.3 is 9.94 Å². The average Bonchev–Trinajstić information content (AvgIpc) is 2.20. The Hall–Kier alpha value is -0.870. The molecule has 0 aliphatic carbocycles. The summed E-state index contributed by atoms with van der Waals surface area (Å²) in [5, 5.41) is 11.2. The first-order chi connectivity index (χ1) is 7.60. The second-order valence-corrected chi connectivity index (χ2v) is 5.87. The minimum atomic E-state index is -0.439. The van der Waals surface area contributed by atoms with E-state index in [-0.39, 0.29) is 17.5 Å². The summed E-state index contributed by atoms with van der Waals surface area (Å²) < 4.78 is 5.48. The van der Waals surface area contributed by atoms with Crippen LogP contribution in [0.1, 0.15) is 41.0 Å². The molecule has 1 saturated heterocycles. The molecule has 17 heavy (non-hydrogen) atoms. The van der Waals surface area contributed by atoms with Gasteiger partial charge in [0.2, 0.25) is 0 Å². The number of carbonyl (C=O) groups excluding carboxylic acids is 1. The summed E-state index contributed by atoms with van der Waals surface area (Å²) in [6.45, 7) is 13.6. The lowest BCUT2D eigenvalue weighted by Gasteiger charge is -2.53. The molecule has 1 N–H and O–H groups in total. The lowest BCUT2D eigenvalue weighted by Crippen LogP contribution is -2.62. The third kappa shape index (κ3) is 2.38. The molecule has 1 fully saturated rings. The number of nitrogens with zero attached hydrogens (tertiary/aromatic N) is 1. The van der Waals surface area contributed by atoms with Crippen molar-refractivity contribution in [2.45, 2.75) is 52.7 Å². The lowest BCUT2D eigenvalue weighted by molar-refractivity contribution is -0.249. The molecule has 1 heterocycles. The molecule has 0 aromatic carbocycles. The van der Waals surface area contributed by atoms with Crippen molar-refractivity contribution in [3.63, 3.8) is 0 Å². The number of piperidine rings is 1. The molecular formula is C13H23NO3. The maximum atomic E-state index is 11.6. The molecule has 0 amide bonds. The van der Waals surface area contributed by atoms with E-state index in [2.05, 4.69) is 6.58 Å². The van der Waals surface area contributed by atoms with Crippen LogP contribution >= 0.6 is 0 Å². The molecule has 1 atom stereocenters. The number of esters is 1. The summed E-state index contributed by atoms with van der Waals surface area (Å²) in [5.41, 5.74) is -0.360. The van der Waals surface area contributed by atoms with E-state index >= 15 is 0 Å². The number of ether oxygens (including phenoxy) is 1. The van der Waals surface area contributed by atoms with E-state index in [1.54, 1.807) is 6.92 Å². The van der Waals surface area contributed by atoms with E-state index in [9.17, 15) is 10.0 Å². The highest BCUT2D eigenvalue weighted by atomic mass is 16.5. The van der Waals surface area contributed by atoms with Crippen LogP contribution in [-0.4, -0.2) is 34.4 Å². The number of hydrogen-bond acceptors (Lipinski definition) is 4. The van der Waals surface area contributed by atoms with E-state index in [1.165, 1.54) is 5.06 Å². The molecule has 0 saturated carbocycles. The van der Waals surface area contributed by atoms with E-state index in [4.69, 9.17) is 4.74 Å². The molecule has 98 valence electrons. The molecule has 1 unspecified atom stereocenters. The Balaban J connectivity index is 2.88. The number of rotatable bonds is 2. The van der Waals surface area contributed by atoms with Crippen LogP contribution in [0.25, 0.3) is 0 Å². The van der Waals surface area contributed by atoms with Gasteiger partial charge in [-0.05, 0) is 20.8 Å². The van der Waals surface area contributed by atoms with Crippen LogP contribution in [0.4, 0.5) is 0 Å². The number of hydroxylamine groups is 2. The largest absolute Gasteiger partial charge is 0.458 e. The van der Waals surface area contributed by atoms with Crippen LogP contribution in [0.15, 0.2) is 12.2 Å². The van der Waals surface area contributed by atoms with E-state index < -0.39 is 5.54 Å². The minimum absolute atomic E-state index is 0.204. The third-order valence-corrected chi connectivity index (χ3v) is 4.23. The normalized spacial score (nSPS) is 27.5. The highest BCUT2D eigenvalue weighted by Crippen LogP contribution is 2.44. The Kier molecular flexibility index (Phi) is 3.69. The Labute approximate surface area is 103 Å². The molecule has 0 bridgehead atoms. The van der Waals surface area contributed by atoms with E-state index in [0.717, 1.165) is 0 Å². The zero-order valence-electron chi connectivity index (χ0n) is 11.4. The quantitative estimate of drug-likeness (QED) is 0.595. The molecule has 0 spiro atoms. The van der Waals surface area contributed by atoms with Crippen molar-refractivity contribution in [1.82, 2.24) is 5.06 Å². The fraction of sp³-hybridized carbons (Fsp3) is 0.769. The predicted molar refractivity (Wildman–Crippen MR) is 65.7 cm³/mol. The van der Waals surface area contributed by atoms with Gasteiger partial charge in [-0.2, -0.15) is 5.06 Å². The van der Waals surface area contributed by atoms with Gasteiger partial charge in [0.05, 0.1) is 0 Å². The van der Waals surface area contributed by atoms with Gasteiger partial charge in [-0.15, -0.1) is 0 Å². The molecule has 0 aromatic rings. The highest BCUT2D eigenvalue weighted by Gasteiger charge is 2.51. The Bertz CT molecular complexity index is 334. The van der Waals surface area contributed by atoms with Crippen molar-refractivity contribution in [3.05, 3.63) is 12.2 Å². The molecular weight excluding hydrogens is 218 g/mol. The highest BCUT2D eigenvalue weighted by molar-refractivity contribution is 5.87. The molecule has 1 rings (SSSR count). The average molecular weight is 241 g/mol. The Morgan fingerprint density at radius 3 is 2.41 bits per heavy atom. The van der Waals surface area contributed by atoms with Gasteiger partial charge in [0.25, 0.3) is 0 Å². The number of hydrogen-bond donors (Lipinski definition) is 1. The zero-order chi connectivity index (χ0) is 13.4. The van der Waals surface area contributed by atoms with Gasteiger partial charge in [0.1, 0.15) is 6.10 Å². The number of carbonyl (C=O) groups is 1. The van der Waals surface area contributed by atoms with Crippen molar-refractivity contribution in [2.24, 2.45) is 5.41 Å². The Morgan fingerprint density at radius 2 is 1.94 bits per heavy atom. The maximum Gasteiger partial charge on any atom is 0.333 e. The minimum Gasteiger partial charge on any atom is -0.458 e. The van der Waals surface area contributed by atoms with Gasteiger partial charge in [-0.3, -0.25) is 0 Å². The second kappa shape index (κ2) is 4.42. The van der Waals surface area contributed by atoms with Crippen LogP contribution in [0, 0.1) is 5.41 Å². The predicted octanol–water partition coefficient (Wildman–Crippen LogP) is 2.37. The SMILES string of the molecule is C=C(C)C(=O)OC1CCN(O)C(C)(C)C1(C)C. The first kappa shape index (κ1) is 14.2. The van der Waals surface area contributed by atoms with Gasteiger partial charge >= 0.3 is 5.97 Å². The van der Waals surface area contributed by atoms with Gasteiger partial charge in [0.15, 0.2) is 0 Å². The first-order valence-corrected chi connectivity index (χ1v) is 5.93. The molecule has 1 aliphatic heterocycles.